The van der Waals surface area contributed by atoms with Crippen molar-refractivity contribution >= 4 is 40.5 Å². The average Bonchev–Trinajstić information content (AvgIpc) is 2.86. The first-order chi connectivity index (χ1) is 7.68. The number of H-pyrrole nitrogens is 1. The summed E-state index contributed by atoms with van der Waals surface area (Å²) in [4.78, 5) is 11.8. The molecule has 16 heavy (non-hydrogen) atoms. The molecule has 1 amide bonds. The number of rotatable bonds is 3. The maximum Gasteiger partial charge on any atom is 0.278 e. The number of nitrogens with one attached hydrogen (secondary N) is 2. The molecule has 0 fully saturated rings. The smallest absolute Gasteiger partial charge is 0.278 e. The fourth-order valence-electron chi connectivity index (χ4n) is 1.01. The minimum atomic E-state index is -0.393. The van der Waals surface area contributed by atoms with Crippen molar-refractivity contribution in [2.24, 2.45) is 5.73 Å². The maximum absolute atomic E-state index is 11.6. The van der Waals surface area contributed by atoms with Gasteiger partial charge in [0.05, 0.1) is 11.8 Å². The molecule has 0 saturated heterocycles. The highest BCUT2D eigenvalue weighted by Gasteiger charge is 2.14. The molecule has 0 atom stereocenters. The summed E-state index contributed by atoms with van der Waals surface area (Å²) in [6.45, 7) is 0. The fourth-order valence-corrected chi connectivity index (χ4v) is 1.60. The van der Waals surface area contributed by atoms with Crippen LogP contribution < -0.4 is 11.1 Å². The van der Waals surface area contributed by atoms with Gasteiger partial charge in [-0.25, -0.2) is 0 Å². The van der Waals surface area contributed by atoms with Crippen molar-refractivity contribution in [2.75, 3.05) is 5.32 Å². The summed E-state index contributed by atoms with van der Waals surface area (Å²) < 4.78 is 3.58. The van der Waals surface area contributed by atoms with Crippen molar-refractivity contribution in [3.63, 3.8) is 0 Å². The number of amides is 1. The number of hydrogen-bond acceptors (Lipinski definition) is 6. The molecule has 7 nitrogen and oxygen atoms in total. The van der Waals surface area contributed by atoms with Crippen molar-refractivity contribution < 1.29 is 4.79 Å². The Kier molecular flexibility index (Phi) is 2.88. The largest absolute Gasteiger partial charge is 0.389 e. The van der Waals surface area contributed by atoms with Crippen molar-refractivity contribution in [1.29, 1.82) is 0 Å². The minimum Gasteiger partial charge on any atom is -0.389 e. The summed E-state index contributed by atoms with van der Waals surface area (Å²) in [6.07, 6.45) is 1.44. The molecule has 2 heterocycles. The van der Waals surface area contributed by atoms with Crippen LogP contribution in [0, 0.1) is 0 Å². The van der Waals surface area contributed by atoms with Crippen LogP contribution in [0.25, 0.3) is 0 Å². The molecule has 9 heteroatoms. The number of aromatic amines is 1. The fraction of sp³-hybridized carbons (Fsp3) is 0. The van der Waals surface area contributed by atoms with E-state index in [0.717, 1.165) is 11.5 Å². The highest BCUT2D eigenvalue weighted by atomic mass is 32.1. The standard InChI is InChI=1S/C7H6N6OS2/c8-5(15)3-1-9-12-6(3)10-7(14)4-2-16-13-11-4/h1-2H,(H2,8,15)(H2,9,10,12,14). The van der Waals surface area contributed by atoms with Gasteiger partial charge < -0.3 is 11.1 Å². The molecule has 0 bridgehead atoms. The lowest BCUT2D eigenvalue weighted by Gasteiger charge is -2.01. The van der Waals surface area contributed by atoms with Gasteiger partial charge in [-0.3, -0.25) is 9.89 Å². The van der Waals surface area contributed by atoms with Crippen LogP contribution in [0.3, 0.4) is 0 Å². The van der Waals surface area contributed by atoms with Gasteiger partial charge in [-0.1, -0.05) is 16.7 Å². The Balaban J connectivity index is 2.18. The van der Waals surface area contributed by atoms with E-state index in [1.54, 1.807) is 0 Å². The van der Waals surface area contributed by atoms with Crippen LogP contribution >= 0.6 is 23.8 Å². The topological polar surface area (TPSA) is 110 Å². The number of nitrogens with zero attached hydrogens (tertiary/aromatic N) is 3. The van der Waals surface area contributed by atoms with Crippen LogP contribution in [-0.2, 0) is 0 Å². The summed E-state index contributed by atoms with van der Waals surface area (Å²) in [7, 11) is 0. The zero-order chi connectivity index (χ0) is 11.5. The molecule has 0 saturated carbocycles. The first kappa shape index (κ1) is 10.6. The molecule has 2 aromatic heterocycles. The van der Waals surface area contributed by atoms with E-state index in [2.05, 4.69) is 25.1 Å². The van der Waals surface area contributed by atoms with Gasteiger partial charge >= 0.3 is 0 Å². The number of nitrogens with two attached hydrogens (primary N) is 1. The number of hydrogen-bond donors (Lipinski definition) is 3. The molecule has 4 N–H and O–H groups in total. The zero-order valence-electron chi connectivity index (χ0n) is 7.80. The van der Waals surface area contributed by atoms with Gasteiger partial charge in [0.15, 0.2) is 5.69 Å². The second-order valence-corrected chi connectivity index (χ2v) is 3.82. The number of anilines is 1. The summed E-state index contributed by atoms with van der Waals surface area (Å²) >= 11 is 5.89. The predicted molar refractivity (Wildman–Crippen MR) is 62.3 cm³/mol. The molecular weight excluding hydrogens is 248 g/mol. The monoisotopic (exact) mass is 254 g/mol. The van der Waals surface area contributed by atoms with Crippen molar-refractivity contribution in [2.45, 2.75) is 0 Å². The first-order valence-electron chi connectivity index (χ1n) is 4.10. The summed E-state index contributed by atoms with van der Waals surface area (Å²) in [5.74, 6) is -0.0407. The number of carbonyl (C=O) groups is 1. The van der Waals surface area contributed by atoms with Gasteiger partial charge in [0.25, 0.3) is 5.91 Å². The lowest BCUT2D eigenvalue weighted by atomic mass is 10.3. The lowest BCUT2D eigenvalue weighted by Crippen LogP contribution is -2.17. The Morgan fingerprint density at radius 2 is 2.44 bits per heavy atom. The third-order valence-corrected chi connectivity index (χ3v) is 2.46. The van der Waals surface area contributed by atoms with Crippen LogP contribution in [0.5, 0.6) is 0 Å². The zero-order valence-corrected chi connectivity index (χ0v) is 9.43. The van der Waals surface area contributed by atoms with Crippen LogP contribution in [0.1, 0.15) is 16.1 Å². The summed E-state index contributed by atoms with van der Waals surface area (Å²) in [6, 6.07) is 0. The Bertz CT molecular complexity index is 519. The Morgan fingerprint density at radius 3 is 3.06 bits per heavy atom. The molecule has 0 unspecified atom stereocenters. The van der Waals surface area contributed by atoms with E-state index in [-0.39, 0.29) is 10.7 Å². The van der Waals surface area contributed by atoms with E-state index in [4.69, 9.17) is 18.0 Å². The molecule has 0 aliphatic heterocycles. The van der Waals surface area contributed by atoms with Gasteiger partial charge in [0.2, 0.25) is 0 Å². The Labute approximate surface area is 99.2 Å². The molecule has 82 valence electrons. The van der Waals surface area contributed by atoms with E-state index in [1.165, 1.54) is 11.6 Å². The summed E-state index contributed by atoms with van der Waals surface area (Å²) in [5.41, 5.74) is 6.16. The lowest BCUT2D eigenvalue weighted by molar-refractivity contribution is 0.102. The highest BCUT2D eigenvalue weighted by Crippen LogP contribution is 2.11. The van der Waals surface area contributed by atoms with E-state index in [1.807, 2.05) is 0 Å². The molecule has 2 rings (SSSR count). The van der Waals surface area contributed by atoms with Crippen molar-refractivity contribution in [3.8, 4) is 0 Å². The number of thiocarbonyl (C=S) groups is 1. The molecule has 2 aromatic rings. The number of carbonyl (C=O) groups excluding carboxylic acids is 1. The maximum atomic E-state index is 11.6. The molecule has 0 radical (unpaired) electrons. The van der Waals surface area contributed by atoms with Gasteiger partial charge in [-0.2, -0.15) is 5.10 Å². The number of aromatic nitrogens is 4. The van der Waals surface area contributed by atoms with Crippen LogP contribution in [0.2, 0.25) is 0 Å². The highest BCUT2D eigenvalue weighted by molar-refractivity contribution is 7.80. The minimum absolute atomic E-state index is 0.153. The van der Waals surface area contributed by atoms with E-state index >= 15 is 0 Å². The van der Waals surface area contributed by atoms with Gasteiger partial charge in [-0.05, 0) is 11.5 Å². The predicted octanol–water partition coefficient (Wildman–Crippen LogP) is 0.148. The van der Waals surface area contributed by atoms with E-state index in [9.17, 15) is 4.79 Å². The Morgan fingerprint density at radius 1 is 1.62 bits per heavy atom. The first-order valence-corrected chi connectivity index (χ1v) is 5.34. The van der Waals surface area contributed by atoms with Gasteiger partial charge in [-0.15, -0.1) is 5.10 Å². The molecule has 0 spiro atoms. The van der Waals surface area contributed by atoms with Crippen LogP contribution in [-0.4, -0.2) is 30.7 Å². The molecule has 0 aliphatic carbocycles. The van der Waals surface area contributed by atoms with Crippen LogP contribution in [0.4, 0.5) is 5.82 Å². The third-order valence-electron chi connectivity index (χ3n) is 1.74. The molecule has 0 aliphatic rings. The van der Waals surface area contributed by atoms with Gasteiger partial charge in [0, 0.05) is 5.38 Å². The van der Waals surface area contributed by atoms with E-state index in [0.29, 0.717) is 11.4 Å². The van der Waals surface area contributed by atoms with Gasteiger partial charge in [0.1, 0.15) is 10.8 Å². The average molecular weight is 254 g/mol. The van der Waals surface area contributed by atoms with Crippen LogP contribution in [0.15, 0.2) is 11.6 Å². The quantitative estimate of drug-likeness (QED) is 0.672. The van der Waals surface area contributed by atoms with Crippen molar-refractivity contribution in [3.05, 3.63) is 22.8 Å². The second-order valence-electron chi connectivity index (χ2n) is 2.77. The summed E-state index contributed by atoms with van der Waals surface area (Å²) in [5, 5.41) is 14.0. The SMILES string of the molecule is NC(=S)c1cn[nH]c1NC(=O)c1csnn1. The normalized spacial score (nSPS) is 10.0. The Hall–Kier alpha value is -1.87. The van der Waals surface area contributed by atoms with Crippen molar-refractivity contribution in [1.82, 2.24) is 19.8 Å². The molecule has 0 aromatic carbocycles. The third kappa shape index (κ3) is 2.04. The second kappa shape index (κ2) is 4.33. The molecular formula is C7H6N6OS2. The van der Waals surface area contributed by atoms with E-state index < -0.39 is 5.91 Å².